The van der Waals surface area contributed by atoms with Crippen LogP contribution in [0.4, 0.5) is 0 Å². The van der Waals surface area contributed by atoms with Crippen LogP contribution in [0.2, 0.25) is 0 Å². The minimum atomic E-state index is -0.805. The first kappa shape index (κ1) is 16.4. The molecule has 20 heavy (non-hydrogen) atoms. The number of esters is 1. The lowest BCUT2D eigenvalue weighted by atomic mass is 10.1. The van der Waals surface area contributed by atoms with E-state index in [9.17, 15) is 14.4 Å². The Balaban J connectivity index is 2.77. The zero-order chi connectivity index (χ0) is 15.1. The van der Waals surface area contributed by atoms with Crippen molar-refractivity contribution in [3.63, 3.8) is 0 Å². The van der Waals surface area contributed by atoms with E-state index in [0.29, 0.717) is 12.8 Å². The molecular formula is C15H23NO4. The van der Waals surface area contributed by atoms with Crippen molar-refractivity contribution >= 4 is 17.8 Å². The topological polar surface area (TPSA) is 63.7 Å². The highest BCUT2D eigenvalue weighted by Crippen LogP contribution is 2.17. The van der Waals surface area contributed by atoms with E-state index in [1.165, 1.54) is 12.2 Å². The maximum absolute atomic E-state index is 12.3. The minimum Gasteiger partial charge on any atom is -0.461 e. The molecule has 5 heteroatoms. The predicted molar refractivity (Wildman–Crippen MR) is 74.8 cm³/mol. The SMILES string of the molecule is CCCC(CC)OC(=O)C(CCC)N1C(=O)C=CC1=O. The number of ether oxygens (including phenoxy) is 1. The fourth-order valence-corrected chi connectivity index (χ4v) is 2.26. The molecule has 1 heterocycles. The van der Waals surface area contributed by atoms with Crippen LogP contribution in [0.15, 0.2) is 12.2 Å². The normalized spacial score (nSPS) is 17.4. The summed E-state index contributed by atoms with van der Waals surface area (Å²) in [5.74, 6) is -1.35. The van der Waals surface area contributed by atoms with Gasteiger partial charge in [-0.25, -0.2) is 4.79 Å². The van der Waals surface area contributed by atoms with Crippen molar-refractivity contribution in [3.8, 4) is 0 Å². The lowest BCUT2D eigenvalue weighted by molar-refractivity contribution is -0.162. The molecule has 0 saturated heterocycles. The second kappa shape index (κ2) is 7.82. The Morgan fingerprint density at radius 3 is 2.10 bits per heavy atom. The lowest BCUT2D eigenvalue weighted by Gasteiger charge is -2.26. The fraction of sp³-hybridized carbons (Fsp3) is 0.667. The Morgan fingerprint density at radius 2 is 1.65 bits per heavy atom. The Labute approximate surface area is 120 Å². The van der Waals surface area contributed by atoms with E-state index in [1.54, 1.807) is 0 Å². The number of nitrogens with zero attached hydrogens (tertiary/aromatic N) is 1. The third kappa shape index (κ3) is 3.92. The maximum atomic E-state index is 12.3. The maximum Gasteiger partial charge on any atom is 0.329 e. The van der Waals surface area contributed by atoms with Gasteiger partial charge in [0.25, 0.3) is 11.8 Å². The standard InChI is InChI=1S/C15H23NO4/c1-4-7-11(6-3)20-15(19)12(8-5-2)16-13(17)9-10-14(16)18/h9-12H,4-8H2,1-3H3. The van der Waals surface area contributed by atoms with Crippen molar-refractivity contribution in [2.75, 3.05) is 0 Å². The van der Waals surface area contributed by atoms with E-state index in [1.807, 2.05) is 20.8 Å². The lowest BCUT2D eigenvalue weighted by Crippen LogP contribution is -2.46. The summed E-state index contributed by atoms with van der Waals surface area (Å²) in [6, 6.07) is -0.805. The van der Waals surface area contributed by atoms with Gasteiger partial charge in [-0.1, -0.05) is 33.6 Å². The summed E-state index contributed by atoms with van der Waals surface area (Å²) in [5, 5.41) is 0. The largest absolute Gasteiger partial charge is 0.461 e. The van der Waals surface area contributed by atoms with Crippen LogP contribution in [0.1, 0.15) is 52.9 Å². The Morgan fingerprint density at radius 1 is 1.10 bits per heavy atom. The van der Waals surface area contributed by atoms with Gasteiger partial charge in [-0.15, -0.1) is 0 Å². The molecule has 0 radical (unpaired) electrons. The molecule has 0 bridgehead atoms. The second-order valence-electron chi connectivity index (χ2n) is 4.94. The molecule has 0 fully saturated rings. The Hall–Kier alpha value is -1.65. The number of carbonyl (C=O) groups excluding carboxylic acids is 3. The third-order valence-electron chi connectivity index (χ3n) is 3.34. The zero-order valence-electron chi connectivity index (χ0n) is 12.4. The van der Waals surface area contributed by atoms with Crippen molar-refractivity contribution in [1.82, 2.24) is 4.90 Å². The van der Waals surface area contributed by atoms with Crippen LogP contribution in [0, 0.1) is 0 Å². The van der Waals surface area contributed by atoms with Gasteiger partial charge >= 0.3 is 5.97 Å². The molecule has 0 aliphatic carbocycles. The summed E-state index contributed by atoms with van der Waals surface area (Å²) < 4.78 is 5.45. The zero-order valence-corrected chi connectivity index (χ0v) is 12.4. The van der Waals surface area contributed by atoms with Gasteiger partial charge in [0, 0.05) is 12.2 Å². The molecule has 0 aromatic rings. The van der Waals surface area contributed by atoms with Gasteiger partial charge in [0.2, 0.25) is 0 Å². The summed E-state index contributed by atoms with van der Waals surface area (Å²) in [6.45, 7) is 5.88. The molecule has 1 rings (SSSR count). The molecule has 1 aliphatic heterocycles. The summed E-state index contributed by atoms with van der Waals surface area (Å²) in [6.07, 6.45) is 5.82. The molecular weight excluding hydrogens is 258 g/mol. The van der Waals surface area contributed by atoms with Crippen LogP contribution in [-0.4, -0.2) is 34.8 Å². The van der Waals surface area contributed by atoms with E-state index >= 15 is 0 Å². The van der Waals surface area contributed by atoms with Gasteiger partial charge in [-0.2, -0.15) is 0 Å². The summed E-state index contributed by atoms with van der Waals surface area (Å²) in [4.78, 5) is 36.7. The molecule has 0 aromatic carbocycles. The molecule has 0 spiro atoms. The molecule has 2 atom stereocenters. The highest BCUT2D eigenvalue weighted by molar-refractivity contribution is 6.14. The van der Waals surface area contributed by atoms with E-state index in [0.717, 1.165) is 24.2 Å². The average Bonchev–Trinajstić information content (AvgIpc) is 2.75. The number of hydrogen-bond donors (Lipinski definition) is 0. The van der Waals surface area contributed by atoms with Crippen LogP contribution in [0.25, 0.3) is 0 Å². The number of rotatable bonds is 8. The second-order valence-corrected chi connectivity index (χ2v) is 4.94. The van der Waals surface area contributed by atoms with E-state index in [2.05, 4.69) is 0 Å². The first-order valence-corrected chi connectivity index (χ1v) is 7.30. The van der Waals surface area contributed by atoms with Gasteiger partial charge in [0.1, 0.15) is 12.1 Å². The quantitative estimate of drug-likeness (QED) is 0.505. The number of hydrogen-bond acceptors (Lipinski definition) is 4. The van der Waals surface area contributed by atoms with Gasteiger partial charge in [0.05, 0.1) is 0 Å². The first-order valence-electron chi connectivity index (χ1n) is 7.30. The van der Waals surface area contributed by atoms with Crippen LogP contribution in [0.5, 0.6) is 0 Å². The highest BCUT2D eigenvalue weighted by Gasteiger charge is 2.36. The highest BCUT2D eigenvalue weighted by atomic mass is 16.5. The Bertz CT molecular complexity index is 385. The summed E-state index contributed by atoms with van der Waals surface area (Å²) >= 11 is 0. The van der Waals surface area contributed by atoms with Crippen LogP contribution >= 0.6 is 0 Å². The van der Waals surface area contributed by atoms with E-state index < -0.39 is 23.8 Å². The van der Waals surface area contributed by atoms with E-state index in [4.69, 9.17) is 4.74 Å². The molecule has 112 valence electrons. The molecule has 0 N–H and O–H groups in total. The van der Waals surface area contributed by atoms with Crippen molar-refractivity contribution in [1.29, 1.82) is 0 Å². The molecule has 1 aliphatic rings. The number of carbonyl (C=O) groups is 3. The fourth-order valence-electron chi connectivity index (χ4n) is 2.26. The molecule has 0 saturated carbocycles. The molecule has 2 unspecified atom stereocenters. The smallest absolute Gasteiger partial charge is 0.329 e. The van der Waals surface area contributed by atoms with Crippen molar-refractivity contribution in [3.05, 3.63) is 12.2 Å². The van der Waals surface area contributed by atoms with Crippen LogP contribution < -0.4 is 0 Å². The summed E-state index contributed by atoms with van der Waals surface area (Å²) in [7, 11) is 0. The van der Waals surface area contributed by atoms with E-state index in [-0.39, 0.29) is 6.10 Å². The predicted octanol–water partition coefficient (Wildman–Crippen LogP) is 2.20. The molecule has 0 aromatic heterocycles. The van der Waals surface area contributed by atoms with Gasteiger partial charge < -0.3 is 4.74 Å². The van der Waals surface area contributed by atoms with Crippen LogP contribution in [0.3, 0.4) is 0 Å². The number of imide groups is 1. The third-order valence-corrected chi connectivity index (χ3v) is 3.34. The Kier molecular flexibility index (Phi) is 6.42. The minimum absolute atomic E-state index is 0.146. The number of amides is 2. The molecule has 2 amide bonds. The average molecular weight is 281 g/mol. The van der Waals surface area contributed by atoms with Crippen molar-refractivity contribution in [2.45, 2.75) is 65.0 Å². The monoisotopic (exact) mass is 281 g/mol. The van der Waals surface area contributed by atoms with Gasteiger partial charge in [-0.05, 0) is 19.3 Å². The van der Waals surface area contributed by atoms with Crippen LogP contribution in [-0.2, 0) is 19.1 Å². The molecule has 5 nitrogen and oxygen atoms in total. The van der Waals surface area contributed by atoms with Crippen molar-refractivity contribution in [2.24, 2.45) is 0 Å². The summed E-state index contributed by atoms with van der Waals surface area (Å²) in [5.41, 5.74) is 0. The van der Waals surface area contributed by atoms with Crippen molar-refractivity contribution < 1.29 is 19.1 Å². The first-order chi connectivity index (χ1) is 9.54. The van der Waals surface area contributed by atoms with Gasteiger partial charge in [-0.3, -0.25) is 14.5 Å². The van der Waals surface area contributed by atoms with Gasteiger partial charge in [0.15, 0.2) is 0 Å².